The summed E-state index contributed by atoms with van der Waals surface area (Å²) in [6.45, 7) is 3.62. The monoisotopic (exact) mass is 459 g/mol. The quantitative estimate of drug-likeness (QED) is 0.524. The van der Waals surface area contributed by atoms with Gasteiger partial charge < -0.3 is 15.4 Å². The first-order valence-electron chi connectivity index (χ1n) is 9.79. The topological polar surface area (TPSA) is 97.3 Å². The van der Waals surface area contributed by atoms with Crippen LogP contribution in [0.25, 0.3) is 10.6 Å². The van der Waals surface area contributed by atoms with Crippen LogP contribution in [0.1, 0.15) is 20.1 Å². The van der Waals surface area contributed by atoms with Gasteiger partial charge in [-0.3, -0.25) is 14.9 Å². The van der Waals surface area contributed by atoms with Gasteiger partial charge in [-0.1, -0.05) is 24.6 Å². The number of rotatable bonds is 6. The number of halogens is 1. The maximum atomic E-state index is 12.6. The second kappa shape index (κ2) is 9.09. The fourth-order valence-corrected chi connectivity index (χ4v) is 3.96. The van der Waals surface area contributed by atoms with E-state index < -0.39 is 6.29 Å². The predicted octanol–water partition coefficient (Wildman–Crippen LogP) is 3.48. The standard InChI is InChI=1S/C21H22ClN5O3S/c1-12-13(2)23-21(25-20(12)29)27-18(10-16(26-27)17-4-3-9-31-17)24-19(28)11-30-15-7-5-14(22)6-8-15/h3-10,12-13,21,23H,11H2,1-2H3,(H,24,28)(H,25,29). The highest BCUT2D eigenvalue weighted by atomic mass is 35.5. The van der Waals surface area contributed by atoms with Crippen LogP contribution in [-0.4, -0.2) is 34.2 Å². The number of hydrogen-bond donors (Lipinski definition) is 3. The number of aromatic nitrogens is 2. The summed E-state index contributed by atoms with van der Waals surface area (Å²) >= 11 is 7.41. The van der Waals surface area contributed by atoms with Gasteiger partial charge in [0.25, 0.3) is 5.91 Å². The highest BCUT2D eigenvalue weighted by molar-refractivity contribution is 7.13. The van der Waals surface area contributed by atoms with Gasteiger partial charge in [0.2, 0.25) is 5.91 Å². The van der Waals surface area contributed by atoms with E-state index in [1.165, 1.54) is 0 Å². The lowest BCUT2D eigenvalue weighted by Gasteiger charge is -2.34. The van der Waals surface area contributed by atoms with Crippen LogP contribution in [0.15, 0.2) is 47.8 Å². The number of amides is 2. The number of hydrogen-bond acceptors (Lipinski definition) is 6. The third kappa shape index (κ3) is 4.90. The molecule has 0 radical (unpaired) electrons. The Morgan fingerprint density at radius 3 is 2.74 bits per heavy atom. The van der Waals surface area contributed by atoms with Gasteiger partial charge in [-0.15, -0.1) is 11.3 Å². The maximum Gasteiger partial charge on any atom is 0.263 e. The van der Waals surface area contributed by atoms with Gasteiger partial charge in [-0.2, -0.15) is 5.10 Å². The fraction of sp³-hybridized carbons (Fsp3) is 0.286. The number of nitrogens with one attached hydrogen (secondary N) is 3. The Kier molecular flexibility index (Phi) is 6.26. The van der Waals surface area contributed by atoms with Crippen LogP contribution in [0.2, 0.25) is 5.02 Å². The highest BCUT2D eigenvalue weighted by Gasteiger charge is 2.32. The molecule has 2 aromatic heterocycles. The summed E-state index contributed by atoms with van der Waals surface area (Å²) in [5.74, 6) is 0.392. The number of anilines is 1. The number of nitrogens with zero attached hydrogens (tertiary/aromatic N) is 2. The van der Waals surface area contributed by atoms with Crippen molar-refractivity contribution in [3.63, 3.8) is 0 Å². The molecule has 1 saturated heterocycles. The first-order valence-corrected chi connectivity index (χ1v) is 11.0. The zero-order chi connectivity index (χ0) is 22.0. The second-order valence-corrected chi connectivity index (χ2v) is 8.67. The molecule has 2 amide bonds. The van der Waals surface area contributed by atoms with E-state index in [4.69, 9.17) is 16.3 Å². The molecule has 0 saturated carbocycles. The number of thiophene rings is 1. The summed E-state index contributed by atoms with van der Waals surface area (Å²) in [7, 11) is 0. The molecule has 3 unspecified atom stereocenters. The average molecular weight is 460 g/mol. The minimum absolute atomic E-state index is 0.0510. The van der Waals surface area contributed by atoms with Crippen molar-refractivity contribution in [3.05, 3.63) is 52.9 Å². The van der Waals surface area contributed by atoms with E-state index in [0.717, 1.165) is 4.88 Å². The summed E-state index contributed by atoms with van der Waals surface area (Å²) in [5, 5.41) is 16.2. The summed E-state index contributed by atoms with van der Waals surface area (Å²) in [4.78, 5) is 25.8. The Morgan fingerprint density at radius 2 is 2.06 bits per heavy atom. The molecule has 3 heterocycles. The predicted molar refractivity (Wildman–Crippen MR) is 120 cm³/mol. The molecule has 0 spiro atoms. The van der Waals surface area contributed by atoms with Crippen LogP contribution < -0.4 is 20.7 Å². The molecule has 3 aromatic rings. The second-order valence-electron chi connectivity index (χ2n) is 7.28. The number of benzene rings is 1. The molecule has 0 aliphatic carbocycles. The van der Waals surface area contributed by atoms with Crippen LogP contribution in [0.4, 0.5) is 5.82 Å². The first kappa shape index (κ1) is 21.4. The van der Waals surface area contributed by atoms with Gasteiger partial charge in [0.05, 0.1) is 10.8 Å². The van der Waals surface area contributed by atoms with Crippen molar-refractivity contribution in [1.29, 1.82) is 0 Å². The van der Waals surface area contributed by atoms with E-state index in [9.17, 15) is 9.59 Å². The van der Waals surface area contributed by atoms with Crippen LogP contribution in [0, 0.1) is 5.92 Å². The van der Waals surface area contributed by atoms with E-state index in [1.807, 2.05) is 31.4 Å². The van der Waals surface area contributed by atoms with Gasteiger partial charge in [0, 0.05) is 17.1 Å². The normalized spacial score (nSPS) is 20.9. The lowest BCUT2D eigenvalue weighted by molar-refractivity contribution is -0.130. The van der Waals surface area contributed by atoms with Crippen LogP contribution in [-0.2, 0) is 9.59 Å². The lowest BCUT2D eigenvalue weighted by Crippen LogP contribution is -2.57. The molecule has 10 heteroatoms. The molecular weight excluding hydrogens is 438 g/mol. The molecule has 31 heavy (non-hydrogen) atoms. The highest BCUT2D eigenvalue weighted by Crippen LogP contribution is 2.28. The summed E-state index contributed by atoms with van der Waals surface area (Å²) in [5.41, 5.74) is 0.700. The van der Waals surface area contributed by atoms with Crippen LogP contribution in [0.5, 0.6) is 5.75 Å². The molecule has 162 valence electrons. The summed E-state index contributed by atoms with van der Waals surface area (Å²) in [6, 6.07) is 12.4. The van der Waals surface area contributed by atoms with E-state index in [1.54, 1.807) is 46.4 Å². The van der Waals surface area contributed by atoms with Gasteiger partial charge in [-0.25, -0.2) is 4.68 Å². The van der Waals surface area contributed by atoms with Crippen molar-refractivity contribution in [2.24, 2.45) is 5.92 Å². The smallest absolute Gasteiger partial charge is 0.263 e. The van der Waals surface area contributed by atoms with Crippen molar-refractivity contribution in [2.45, 2.75) is 26.2 Å². The van der Waals surface area contributed by atoms with E-state index in [2.05, 4.69) is 21.0 Å². The Balaban J connectivity index is 1.53. The van der Waals surface area contributed by atoms with Crippen LogP contribution in [0.3, 0.4) is 0 Å². The molecule has 0 bridgehead atoms. The first-order chi connectivity index (χ1) is 14.9. The number of carbonyl (C=O) groups excluding carboxylic acids is 2. The molecule has 1 aromatic carbocycles. The summed E-state index contributed by atoms with van der Waals surface area (Å²) < 4.78 is 7.10. The number of carbonyl (C=O) groups is 2. The number of ether oxygens (including phenoxy) is 1. The van der Waals surface area contributed by atoms with Gasteiger partial charge in [0.15, 0.2) is 12.9 Å². The van der Waals surface area contributed by atoms with Crippen molar-refractivity contribution in [2.75, 3.05) is 11.9 Å². The van der Waals surface area contributed by atoms with Crippen molar-refractivity contribution in [1.82, 2.24) is 20.4 Å². The zero-order valence-corrected chi connectivity index (χ0v) is 18.5. The molecule has 4 rings (SSSR count). The largest absolute Gasteiger partial charge is 0.484 e. The molecular formula is C21H22ClN5O3S. The maximum absolute atomic E-state index is 12.6. The molecule has 8 nitrogen and oxygen atoms in total. The Labute approximate surface area is 188 Å². The Morgan fingerprint density at radius 1 is 1.29 bits per heavy atom. The molecule has 1 aliphatic heterocycles. The van der Waals surface area contributed by atoms with Crippen molar-refractivity contribution >= 4 is 40.6 Å². The molecule has 1 fully saturated rings. The molecule has 3 N–H and O–H groups in total. The fourth-order valence-electron chi connectivity index (χ4n) is 3.15. The third-order valence-electron chi connectivity index (χ3n) is 5.07. The summed E-state index contributed by atoms with van der Waals surface area (Å²) in [6.07, 6.45) is -0.583. The SMILES string of the molecule is CC1NC(n2nc(-c3cccs3)cc2NC(=O)COc2ccc(Cl)cc2)NC(=O)C1C. The van der Waals surface area contributed by atoms with Crippen molar-refractivity contribution < 1.29 is 14.3 Å². The molecule has 1 aliphatic rings. The minimum Gasteiger partial charge on any atom is -0.484 e. The lowest BCUT2D eigenvalue weighted by atomic mass is 10.0. The van der Waals surface area contributed by atoms with Gasteiger partial charge in [-0.05, 0) is 42.6 Å². The van der Waals surface area contributed by atoms with Gasteiger partial charge >= 0.3 is 0 Å². The Bertz CT molecular complexity index is 1070. The van der Waals surface area contributed by atoms with Crippen molar-refractivity contribution in [3.8, 4) is 16.3 Å². The minimum atomic E-state index is -0.583. The Hall–Kier alpha value is -2.88. The van der Waals surface area contributed by atoms with Crippen LogP contribution >= 0.6 is 22.9 Å². The molecule has 3 atom stereocenters. The van der Waals surface area contributed by atoms with E-state index >= 15 is 0 Å². The third-order valence-corrected chi connectivity index (χ3v) is 6.21. The zero-order valence-electron chi connectivity index (χ0n) is 17.0. The van der Waals surface area contributed by atoms with Gasteiger partial charge in [0.1, 0.15) is 17.3 Å². The van der Waals surface area contributed by atoms with E-state index in [-0.39, 0.29) is 30.4 Å². The average Bonchev–Trinajstić information content (AvgIpc) is 3.41. The van der Waals surface area contributed by atoms with E-state index in [0.29, 0.717) is 22.3 Å².